The monoisotopic (exact) mass is 174 g/mol. The predicted molar refractivity (Wildman–Crippen MR) is 52.2 cm³/mol. The molecule has 0 aromatic carbocycles. The fourth-order valence-corrected chi connectivity index (χ4v) is 0.926. The second-order valence-corrected chi connectivity index (χ2v) is 3.37. The van der Waals surface area contributed by atoms with Gasteiger partial charge in [0.25, 0.3) is 0 Å². The van der Waals surface area contributed by atoms with Crippen LogP contribution in [0.25, 0.3) is 0 Å². The molecule has 0 radical (unpaired) electrons. The normalized spacial score (nSPS) is 13.8. The van der Waals surface area contributed by atoms with Crippen LogP contribution < -0.4 is 11.1 Å². The number of hydrogen-bond donors (Lipinski definition) is 2. The fourth-order valence-electron chi connectivity index (χ4n) is 0.926. The summed E-state index contributed by atoms with van der Waals surface area (Å²) in [4.78, 5) is 0. The minimum absolute atomic E-state index is 0.295. The first-order chi connectivity index (χ1) is 5.66. The van der Waals surface area contributed by atoms with Gasteiger partial charge in [-0.25, -0.2) is 0 Å². The smallest absolute Gasteiger partial charge is 0.0594 e. The van der Waals surface area contributed by atoms with Gasteiger partial charge in [0.05, 0.1) is 12.7 Å². The summed E-state index contributed by atoms with van der Waals surface area (Å²) in [6.45, 7) is 8.72. The molecule has 3 heteroatoms. The topological polar surface area (TPSA) is 47.3 Å². The van der Waals surface area contributed by atoms with E-state index in [2.05, 4.69) is 26.1 Å². The Bertz CT molecular complexity index is 96.5. The average molecular weight is 174 g/mol. The van der Waals surface area contributed by atoms with Gasteiger partial charge in [0.1, 0.15) is 0 Å². The lowest BCUT2D eigenvalue weighted by Crippen LogP contribution is -2.28. The highest BCUT2D eigenvalue weighted by molar-refractivity contribution is 4.54. The summed E-state index contributed by atoms with van der Waals surface area (Å²) in [5.41, 5.74) is 5.39. The van der Waals surface area contributed by atoms with E-state index in [1.807, 2.05) is 0 Å². The molecule has 0 saturated carbocycles. The average Bonchev–Trinajstić information content (AvgIpc) is 1.98. The van der Waals surface area contributed by atoms with Crippen molar-refractivity contribution in [2.75, 3.05) is 19.7 Å². The molecule has 0 heterocycles. The van der Waals surface area contributed by atoms with Crippen LogP contribution in [0, 0.1) is 0 Å². The summed E-state index contributed by atoms with van der Waals surface area (Å²) in [7, 11) is 0. The largest absolute Gasteiger partial charge is 0.377 e. The minimum atomic E-state index is 0.295. The molecular weight excluding hydrogens is 152 g/mol. The molecule has 0 aliphatic rings. The quantitative estimate of drug-likeness (QED) is 0.560. The molecule has 1 atom stereocenters. The molecule has 0 rings (SSSR count). The van der Waals surface area contributed by atoms with Gasteiger partial charge in [0.2, 0.25) is 0 Å². The van der Waals surface area contributed by atoms with E-state index < -0.39 is 0 Å². The molecule has 0 aromatic rings. The highest BCUT2D eigenvalue weighted by Crippen LogP contribution is 1.93. The van der Waals surface area contributed by atoms with Crippen molar-refractivity contribution in [3.8, 4) is 0 Å². The molecule has 0 amide bonds. The van der Waals surface area contributed by atoms with Crippen molar-refractivity contribution < 1.29 is 4.74 Å². The van der Waals surface area contributed by atoms with Gasteiger partial charge >= 0.3 is 0 Å². The van der Waals surface area contributed by atoms with Gasteiger partial charge in [-0.2, -0.15) is 0 Å². The van der Waals surface area contributed by atoms with Gasteiger partial charge in [0.15, 0.2) is 0 Å². The summed E-state index contributed by atoms with van der Waals surface area (Å²) in [5, 5.41) is 3.29. The lowest BCUT2D eigenvalue weighted by atomic mass is 10.3. The van der Waals surface area contributed by atoms with Crippen molar-refractivity contribution >= 4 is 0 Å². The number of hydrogen-bond acceptors (Lipinski definition) is 3. The second kappa shape index (κ2) is 7.53. The van der Waals surface area contributed by atoms with Crippen LogP contribution in [0.15, 0.2) is 0 Å². The first-order valence-corrected chi connectivity index (χ1v) is 4.72. The Hall–Kier alpha value is -0.120. The molecule has 0 saturated heterocycles. The maximum Gasteiger partial charge on any atom is 0.0594 e. The van der Waals surface area contributed by atoms with Crippen molar-refractivity contribution in [1.29, 1.82) is 0 Å². The summed E-state index contributed by atoms with van der Waals surface area (Å²) in [6.07, 6.45) is 1.24. The predicted octanol–water partition coefficient (Wildman–Crippen LogP) is 0.738. The SMILES string of the molecule is CC(C)NCCOC(C)CCN. The zero-order valence-corrected chi connectivity index (χ0v) is 8.47. The van der Waals surface area contributed by atoms with Crippen LogP contribution in [0.5, 0.6) is 0 Å². The molecule has 0 aliphatic carbocycles. The zero-order valence-electron chi connectivity index (χ0n) is 8.47. The van der Waals surface area contributed by atoms with Crippen molar-refractivity contribution in [2.24, 2.45) is 5.73 Å². The maximum atomic E-state index is 5.49. The lowest BCUT2D eigenvalue weighted by molar-refractivity contribution is 0.0631. The molecule has 0 spiro atoms. The molecule has 3 N–H and O–H groups in total. The third-order valence-electron chi connectivity index (χ3n) is 1.63. The number of nitrogens with two attached hydrogens (primary N) is 1. The van der Waals surface area contributed by atoms with Crippen molar-refractivity contribution in [1.82, 2.24) is 5.32 Å². The van der Waals surface area contributed by atoms with Gasteiger partial charge in [-0.3, -0.25) is 0 Å². The van der Waals surface area contributed by atoms with E-state index >= 15 is 0 Å². The fraction of sp³-hybridized carbons (Fsp3) is 1.00. The van der Waals surface area contributed by atoms with Gasteiger partial charge in [-0.1, -0.05) is 13.8 Å². The van der Waals surface area contributed by atoms with E-state index in [1.165, 1.54) is 0 Å². The van der Waals surface area contributed by atoms with Gasteiger partial charge in [-0.15, -0.1) is 0 Å². The van der Waals surface area contributed by atoms with Crippen molar-refractivity contribution in [3.63, 3.8) is 0 Å². The Kier molecular flexibility index (Phi) is 7.45. The van der Waals surface area contributed by atoms with Crippen LogP contribution in [0.3, 0.4) is 0 Å². The maximum absolute atomic E-state index is 5.49. The van der Waals surface area contributed by atoms with Crippen LogP contribution in [0.1, 0.15) is 27.2 Å². The summed E-state index contributed by atoms with van der Waals surface area (Å²) in [6, 6.07) is 0.540. The first kappa shape index (κ1) is 11.9. The minimum Gasteiger partial charge on any atom is -0.377 e. The van der Waals surface area contributed by atoms with E-state index in [1.54, 1.807) is 0 Å². The molecule has 1 unspecified atom stereocenters. The van der Waals surface area contributed by atoms with E-state index in [-0.39, 0.29) is 0 Å². The Balaban J connectivity index is 3.08. The molecule has 3 nitrogen and oxygen atoms in total. The highest BCUT2D eigenvalue weighted by atomic mass is 16.5. The summed E-state index contributed by atoms with van der Waals surface area (Å²) >= 11 is 0. The Morgan fingerprint density at radius 2 is 2.00 bits per heavy atom. The molecule has 0 aliphatic heterocycles. The van der Waals surface area contributed by atoms with Gasteiger partial charge in [0, 0.05) is 12.6 Å². The molecule has 12 heavy (non-hydrogen) atoms. The first-order valence-electron chi connectivity index (χ1n) is 4.72. The summed E-state index contributed by atoms with van der Waals surface area (Å²) in [5.74, 6) is 0. The van der Waals surface area contributed by atoms with Crippen LogP contribution in [-0.2, 0) is 4.74 Å². The van der Waals surface area contributed by atoms with Crippen LogP contribution in [-0.4, -0.2) is 31.8 Å². The third kappa shape index (κ3) is 7.98. The Morgan fingerprint density at radius 1 is 1.33 bits per heavy atom. The standard InChI is InChI=1S/C9H22N2O/c1-8(2)11-6-7-12-9(3)4-5-10/h8-9,11H,4-7,10H2,1-3H3. The van der Waals surface area contributed by atoms with Crippen LogP contribution in [0.2, 0.25) is 0 Å². The van der Waals surface area contributed by atoms with Crippen LogP contribution in [0.4, 0.5) is 0 Å². The van der Waals surface area contributed by atoms with Gasteiger partial charge < -0.3 is 15.8 Å². The van der Waals surface area contributed by atoms with Gasteiger partial charge in [-0.05, 0) is 19.9 Å². The van der Waals surface area contributed by atoms with Crippen LogP contribution >= 0.6 is 0 Å². The third-order valence-corrected chi connectivity index (χ3v) is 1.63. The molecule has 74 valence electrons. The zero-order chi connectivity index (χ0) is 9.40. The lowest BCUT2D eigenvalue weighted by Gasteiger charge is -2.13. The Labute approximate surface area is 75.7 Å². The van der Waals surface area contributed by atoms with E-state index in [0.29, 0.717) is 18.7 Å². The highest BCUT2D eigenvalue weighted by Gasteiger charge is 1.99. The van der Waals surface area contributed by atoms with E-state index in [4.69, 9.17) is 10.5 Å². The van der Waals surface area contributed by atoms with E-state index in [0.717, 1.165) is 19.6 Å². The summed E-state index contributed by atoms with van der Waals surface area (Å²) < 4.78 is 5.49. The number of ether oxygens (including phenoxy) is 1. The molecule has 0 bridgehead atoms. The molecule has 0 fully saturated rings. The van der Waals surface area contributed by atoms with Crippen molar-refractivity contribution in [2.45, 2.75) is 39.3 Å². The van der Waals surface area contributed by atoms with Crippen molar-refractivity contribution in [3.05, 3.63) is 0 Å². The number of nitrogens with one attached hydrogen (secondary N) is 1. The van der Waals surface area contributed by atoms with E-state index in [9.17, 15) is 0 Å². The number of rotatable bonds is 7. The Morgan fingerprint density at radius 3 is 2.50 bits per heavy atom. The molecule has 0 aromatic heterocycles. The second-order valence-electron chi connectivity index (χ2n) is 3.37. The molecular formula is C9H22N2O.